The van der Waals surface area contributed by atoms with Crippen molar-refractivity contribution >= 4 is 49.5 Å². The number of thiazole rings is 1. The first-order chi connectivity index (χ1) is 10.2. The summed E-state index contributed by atoms with van der Waals surface area (Å²) in [7, 11) is 0. The molecule has 102 valence electrons. The Hall–Kier alpha value is -2.05. The third-order valence-electron chi connectivity index (χ3n) is 3.17. The molecule has 0 aliphatic rings. The van der Waals surface area contributed by atoms with E-state index >= 15 is 0 Å². The molecule has 0 spiro atoms. The lowest BCUT2D eigenvalue weighted by atomic mass is 10.2. The van der Waals surface area contributed by atoms with Crippen LogP contribution in [0.5, 0.6) is 0 Å². The molecule has 1 aromatic carbocycles. The van der Waals surface area contributed by atoms with Crippen LogP contribution >= 0.6 is 27.3 Å². The van der Waals surface area contributed by atoms with Gasteiger partial charge in [-0.1, -0.05) is 39.4 Å². The third kappa shape index (κ3) is 2.07. The smallest absolute Gasteiger partial charge is 0.267 e. The average molecular weight is 358 g/mol. The highest BCUT2D eigenvalue weighted by atomic mass is 79.9. The predicted molar refractivity (Wildman–Crippen MR) is 87.6 cm³/mol. The molecule has 0 aliphatic heterocycles. The number of pyridine rings is 1. The number of halogens is 1. The fraction of sp³-hybridized carbons (Fsp3) is 0. The van der Waals surface area contributed by atoms with Crippen molar-refractivity contribution in [2.75, 3.05) is 0 Å². The minimum atomic E-state index is -0.0703. The molecule has 0 fully saturated rings. The summed E-state index contributed by atoms with van der Waals surface area (Å²) < 4.78 is 3.25. The van der Waals surface area contributed by atoms with Gasteiger partial charge in [-0.15, -0.1) is 0 Å². The van der Waals surface area contributed by atoms with Crippen LogP contribution in [-0.2, 0) is 0 Å². The molecular formula is C15H8BrN3OS. The van der Waals surface area contributed by atoms with E-state index in [4.69, 9.17) is 0 Å². The summed E-state index contributed by atoms with van der Waals surface area (Å²) in [5.74, 6) is 0. The lowest BCUT2D eigenvalue weighted by molar-refractivity contribution is 1.15. The van der Waals surface area contributed by atoms with Crippen LogP contribution in [-0.4, -0.2) is 14.4 Å². The number of fused-ring (bicyclic) bond motifs is 3. The monoisotopic (exact) mass is 357 g/mol. The predicted octanol–water partition coefficient (Wildman–Crippen LogP) is 2.61. The second kappa shape index (κ2) is 4.75. The number of benzene rings is 1. The molecule has 4 nitrogen and oxygen atoms in total. The lowest BCUT2D eigenvalue weighted by Crippen LogP contribution is -2.22. The second-order valence-corrected chi connectivity index (χ2v) is 6.47. The Labute approximate surface area is 131 Å². The quantitative estimate of drug-likeness (QED) is 0.526. The number of imidazole rings is 1. The average Bonchev–Trinajstić information content (AvgIpc) is 2.99. The highest BCUT2D eigenvalue weighted by Crippen LogP contribution is 2.14. The van der Waals surface area contributed by atoms with Gasteiger partial charge in [-0.3, -0.25) is 4.79 Å². The fourth-order valence-corrected chi connectivity index (χ4v) is 3.44. The van der Waals surface area contributed by atoms with E-state index in [0.717, 1.165) is 15.6 Å². The Morgan fingerprint density at radius 2 is 2.00 bits per heavy atom. The molecule has 0 N–H and O–H groups in total. The number of rotatable bonds is 1. The largest absolute Gasteiger partial charge is 0.276 e. The Kier molecular flexibility index (Phi) is 2.87. The van der Waals surface area contributed by atoms with Gasteiger partial charge < -0.3 is 0 Å². The SMILES string of the molecule is O=c1/c(=C/c2ccc(Br)cc2)sc2nc3cccnc3n12. The van der Waals surface area contributed by atoms with E-state index in [-0.39, 0.29) is 5.56 Å². The molecule has 4 rings (SSSR count). The van der Waals surface area contributed by atoms with Crippen molar-refractivity contribution in [1.29, 1.82) is 0 Å². The Bertz CT molecular complexity index is 1070. The van der Waals surface area contributed by atoms with E-state index in [1.807, 2.05) is 42.5 Å². The molecule has 0 saturated heterocycles. The molecule has 0 amide bonds. The van der Waals surface area contributed by atoms with Crippen LogP contribution in [0.15, 0.2) is 51.9 Å². The van der Waals surface area contributed by atoms with Crippen molar-refractivity contribution in [2.24, 2.45) is 0 Å². The van der Waals surface area contributed by atoms with Crippen molar-refractivity contribution in [3.63, 3.8) is 0 Å². The second-order valence-electron chi connectivity index (χ2n) is 4.54. The van der Waals surface area contributed by atoms with Gasteiger partial charge in [-0.2, -0.15) is 0 Å². The third-order valence-corrected chi connectivity index (χ3v) is 4.67. The first kappa shape index (κ1) is 12.7. The number of nitrogens with zero attached hydrogens (tertiary/aromatic N) is 3. The highest BCUT2D eigenvalue weighted by molar-refractivity contribution is 9.10. The van der Waals surface area contributed by atoms with Gasteiger partial charge in [0.15, 0.2) is 10.6 Å². The molecule has 0 aliphatic carbocycles. The Morgan fingerprint density at radius 3 is 2.81 bits per heavy atom. The van der Waals surface area contributed by atoms with Crippen molar-refractivity contribution in [3.8, 4) is 0 Å². The van der Waals surface area contributed by atoms with Crippen LogP contribution in [0, 0.1) is 0 Å². The molecule has 4 aromatic rings. The van der Waals surface area contributed by atoms with E-state index < -0.39 is 0 Å². The molecule has 0 bridgehead atoms. The zero-order valence-corrected chi connectivity index (χ0v) is 13.1. The summed E-state index contributed by atoms with van der Waals surface area (Å²) in [5, 5.41) is 0. The maximum atomic E-state index is 12.5. The highest BCUT2D eigenvalue weighted by Gasteiger charge is 2.11. The first-order valence-electron chi connectivity index (χ1n) is 6.26. The normalized spacial score (nSPS) is 12.5. The summed E-state index contributed by atoms with van der Waals surface area (Å²) in [5.41, 5.74) is 2.27. The van der Waals surface area contributed by atoms with Crippen molar-refractivity contribution < 1.29 is 0 Å². The van der Waals surface area contributed by atoms with Gasteiger partial charge in [0.05, 0.1) is 4.53 Å². The van der Waals surface area contributed by atoms with E-state index in [1.54, 1.807) is 10.6 Å². The number of hydrogen-bond acceptors (Lipinski definition) is 4. The van der Waals surface area contributed by atoms with E-state index in [2.05, 4.69) is 25.9 Å². The molecule has 0 atom stereocenters. The van der Waals surface area contributed by atoms with Crippen molar-refractivity contribution in [2.45, 2.75) is 0 Å². The molecule has 0 saturated carbocycles. The Balaban J connectivity index is 2.00. The van der Waals surface area contributed by atoms with E-state index in [9.17, 15) is 4.79 Å². The molecule has 21 heavy (non-hydrogen) atoms. The van der Waals surface area contributed by atoms with Gasteiger partial charge >= 0.3 is 0 Å². The van der Waals surface area contributed by atoms with Gasteiger partial charge in [0.1, 0.15) is 5.52 Å². The number of aromatic nitrogens is 3. The molecule has 3 aromatic heterocycles. The molecule has 3 heterocycles. The van der Waals surface area contributed by atoms with Gasteiger partial charge in [0, 0.05) is 10.7 Å². The van der Waals surface area contributed by atoms with Crippen LogP contribution in [0.25, 0.3) is 22.2 Å². The summed E-state index contributed by atoms with van der Waals surface area (Å²) in [4.78, 5) is 21.9. The zero-order valence-electron chi connectivity index (χ0n) is 10.7. The van der Waals surface area contributed by atoms with Crippen molar-refractivity contribution in [1.82, 2.24) is 14.4 Å². The van der Waals surface area contributed by atoms with Crippen LogP contribution in [0.2, 0.25) is 0 Å². The standard InChI is InChI=1S/C15H8BrN3OS/c16-10-5-3-9(4-6-10)8-12-14(20)19-13-11(2-1-7-17-13)18-15(19)21-12/h1-8H/b12-8-. The topological polar surface area (TPSA) is 47.3 Å². The number of hydrogen-bond donors (Lipinski definition) is 0. The van der Waals surface area contributed by atoms with E-state index in [1.165, 1.54) is 11.3 Å². The van der Waals surface area contributed by atoms with Crippen LogP contribution in [0.3, 0.4) is 0 Å². The molecule has 0 radical (unpaired) electrons. The van der Waals surface area contributed by atoms with Crippen LogP contribution < -0.4 is 10.1 Å². The zero-order chi connectivity index (χ0) is 14.4. The molecule has 0 unspecified atom stereocenters. The van der Waals surface area contributed by atoms with Crippen LogP contribution in [0.1, 0.15) is 5.56 Å². The van der Waals surface area contributed by atoms with E-state index in [0.29, 0.717) is 15.1 Å². The summed E-state index contributed by atoms with van der Waals surface area (Å²) in [6.45, 7) is 0. The molecule has 6 heteroatoms. The summed E-state index contributed by atoms with van der Waals surface area (Å²) in [6, 6.07) is 11.5. The lowest BCUT2D eigenvalue weighted by Gasteiger charge is -1.91. The minimum absolute atomic E-state index is 0.0703. The van der Waals surface area contributed by atoms with Gasteiger partial charge in [-0.25, -0.2) is 14.4 Å². The maximum absolute atomic E-state index is 12.5. The molecular weight excluding hydrogens is 350 g/mol. The summed E-state index contributed by atoms with van der Waals surface area (Å²) >= 11 is 4.78. The minimum Gasteiger partial charge on any atom is -0.267 e. The van der Waals surface area contributed by atoms with Crippen LogP contribution in [0.4, 0.5) is 0 Å². The van der Waals surface area contributed by atoms with Crippen molar-refractivity contribution in [3.05, 3.63) is 67.5 Å². The maximum Gasteiger partial charge on any atom is 0.276 e. The van der Waals surface area contributed by atoms with Gasteiger partial charge in [0.25, 0.3) is 5.56 Å². The van der Waals surface area contributed by atoms with Gasteiger partial charge in [-0.05, 0) is 35.9 Å². The Morgan fingerprint density at radius 1 is 1.19 bits per heavy atom. The van der Waals surface area contributed by atoms with Gasteiger partial charge in [0.2, 0.25) is 0 Å². The summed E-state index contributed by atoms with van der Waals surface area (Å²) in [6.07, 6.45) is 3.55. The fourth-order valence-electron chi connectivity index (χ4n) is 2.20. The first-order valence-corrected chi connectivity index (χ1v) is 7.86.